The van der Waals surface area contributed by atoms with Gasteiger partial charge in [0.05, 0.1) is 11.5 Å². The van der Waals surface area contributed by atoms with Crippen molar-refractivity contribution in [2.75, 3.05) is 0 Å². The predicted molar refractivity (Wildman–Crippen MR) is 56.5 cm³/mol. The van der Waals surface area contributed by atoms with Gasteiger partial charge in [-0.25, -0.2) is 9.59 Å². The van der Waals surface area contributed by atoms with Crippen molar-refractivity contribution in [1.82, 2.24) is 0 Å². The Morgan fingerprint density at radius 2 is 1.59 bits per heavy atom. The van der Waals surface area contributed by atoms with E-state index >= 15 is 0 Å². The van der Waals surface area contributed by atoms with Gasteiger partial charge in [-0.05, 0) is 19.3 Å². The first-order valence-electron chi connectivity index (χ1n) is 5.37. The van der Waals surface area contributed by atoms with Crippen LogP contribution in [0.15, 0.2) is 11.1 Å². The van der Waals surface area contributed by atoms with Gasteiger partial charge >= 0.3 is 17.9 Å². The zero-order chi connectivity index (χ0) is 13.0. The van der Waals surface area contributed by atoms with Gasteiger partial charge < -0.3 is 15.3 Å². The summed E-state index contributed by atoms with van der Waals surface area (Å²) in [7, 11) is 0. The molecule has 6 nitrogen and oxygen atoms in total. The van der Waals surface area contributed by atoms with Crippen LogP contribution in [0.2, 0.25) is 0 Å². The van der Waals surface area contributed by atoms with Crippen LogP contribution in [0.4, 0.5) is 0 Å². The first-order chi connectivity index (χ1) is 7.95. The summed E-state index contributed by atoms with van der Waals surface area (Å²) in [5.41, 5.74) is -0.741. The highest BCUT2D eigenvalue weighted by molar-refractivity contribution is 6.02. The van der Waals surface area contributed by atoms with Gasteiger partial charge in [0.2, 0.25) is 0 Å². The third-order valence-electron chi connectivity index (χ3n) is 2.88. The van der Waals surface area contributed by atoms with Crippen LogP contribution in [-0.2, 0) is 14.4 Å². The first kappa shape index (κ1) is 13.2. The van der Waals surface area contributed by atoms with E-state index in [4.69, 9.17) is 15.3 Å². The Bertz CT molecular complexity index is 381. The molecule has 0 saturated heterocycles. The summed E-state index contributed by atoms with van der Waals surface area (Å²) in [6.07, 6.45) is 2.17. The van der Waals surface area contributed by atoms with Crippen LogP contribution in [0.1, 0.15) is 32.1 Å². The molecule has 0 radical (unpaired) electrons. The Hall–Kier alpha value is -1.85. The maximum absolute atomic E-state index is 11.1. The minimum Gasteiger partial charge on any atom is -0.481 e. The minimum atomic E-state index is -1.45. The zero-order valence-electron chi connectivity index (χ0n) is 9.18. The molecule has 3 N–H and O–H groups in total. The number of carboxylic acid groups (broad SMARTS) is 3. The number of carboxylic acids is 3. The second kappa shape index (κ2) is 5.47. The molecule has 94 valence electrons. The number of hydrogen-bond donors (Lipinski definition) is 3. The topological polar surface area (TPSA) is 112 Å². The summed E-state index contributed by atoms with van der Waals surface area (Å²) in [5, 5.41) is 27.0. The number of aliphatic carboxylic acids is 3. The maximum atomic E-state index is 11.1. The first-order valence-corrected chi connectivity index (χ1v) is 5.37. The van der Waals surface area contributed by atoms with Crippen LogP contribution in [0, 0.1) is 5.92 Å². The molecule has 0 fully saturated rings. The highest BCUT2D eigenvalue weighted by Gasteiger charge is 2.33. The summed E-state index contributed by atoms with van der Waals surface area (Å²) in [5.74, 6) is -5.28. The van der Waals surface area contributed by atoms with Gasteiger partial charge in [-0.1, -0.05) is 12.8 Å². The molecule has 0 aliphatic heterocycles. The fourth-order valence-electron chi connectivity index (χ4n) is 2.06. The third-order valence-corrected chi connectivity index (χ3v) is 2.88. The fourth-order valence-corrected chi connectivity index (χ4v) is 2.06. The van der Waals surface area contributed by atoms with Crippen molar-refractivity contribution in [2.24, 2.45) is 5.92 Å². The molecule has 0 heterocycles. The smallest absolute Gasteiger partial charge is 0.332 e. The standard InChI is InChI=1S/C11H14O6/c12-9(13)6-4-2-1-3-5-7(10(14)15)8(6)11(16)17/h6H,1-5H2,(H,12,13)(H,14,15)(H,16,17)/b8-7-. The minimum absolute atomic E-state index is 0.112. The molecule has 1 atom stereocenters. The molecule has 0 aromatic heterocycles. The SMILES string of the molecule is O=C(O)/C1=C(\C(=O)O)C(C(=O)O)CCCCC1. The molecule has 1 unspecified atom stereocenters. The van der Waals surface area contributed by atoms with Crippen molar-refractivity contribution in [3.8, 4) is 0 Å². The van der Waals surface area contributed by atoms with Crippen molar-refractivity contribution in [2.45, 2.75) is 32.1 Å². The monoisotopic (exact) mass is 242 g/mol. The quantitative estimate of drug-likeness (QED) is 0.683. The normalized spacial score (nSPS) is 25.8. The number of hydrogen-bond acceptors (Lipinski definition) is 3. The van der Waals surface area contributed by atoms with Crippen LogP contribution < -0.4 is 0 Å². The molecule has 17 heavy (non-hydrogen) atoms. The lowest BCUT2D eigenvalue weighted by Crippen LogP contribution is -2.26. The Balaban J connectivity index is 3.29. The van der Waals surface area contributed by atoms with E-state index in [2.05, 4.69) is 0 Å². The molecule has 0 aromatic carbocycles. The van der Waals surface area contributed by atoms with Crippen molar-refractivity contribution in [3.63, 3.8) is 0 Å². The van der Waals surface area contributed by atoms with E-state index in [1.807, 2.05) is 0 Å². The molecule has 0 bridgehead atoms. The van der Waals surface area contributed by atoms with E-state index in [1.54, 1.807) is 0 Å². The van der Waals surface area contributed by atoms with Crippen molar-refractivity contribution >= 4 is 17.9 Å². The van der Waals surface area contributed by atoms with Gasteiger partial charge in [0.15, 0.2) is 0 Å². The van der Waals surface area contributed by atoms with Gasteiger partial charge in [0, 0.05) is 5.57 Å². The fraction of sp³-hybridized carbons (Fsp3) is 0.545. The molecule has 0 saturated carbocycles. The molecule has 0 spiro atoms. The average Bonchev–Trinajstić information content (AvgIpc) is 2.14. The highest BCUT2D eigenvalue weighted by atomic mass is 16.4. The molecule has 1 aliphatic rings. The Morgan fingerprint density at radius 1 is 0.941 bits per heavy atom. The van der Waals surface area contributed by atoms with Crippen LogP contribution in [0.25, 0.3) is 0 Å². The molecule has 0 amide bonds. The van der Waals surface area contributed by atoms with E-state index in [-0.39, 0.29) is 18.4 Å². The van der Waals surface area contributed by atoms with Crippen molar-refractivity contribution in [1.29, 1.82) is 0 Å². The second-order valence-corrected chi connectivity index (χ2v) is 3.99. The maximum Gasteiger partial charge on any atom is 0.332 e. The summed E-state index contributed by atoms with van der Waals surface area (Å²) in [4.78, 5) is 33.1. The van der Waals surface area contributed by atoms with Gasteiger partial charge in [-0.3, -0.25) is 4.79 Å². The third kappa shape index (κ3) is 3.05. The summed E-state index contributed by atoms with van der Waals surface area (Å²) >= 11 is 0. The average molecular weight is 242 g/mol. The molecular weight excluding hydrogens is 228 g/mol. The van der Waals surface area contributed by atoms with Crippen molar-refractivity contribution < 1.29 is 29.7 Å². The second-order valence-electron chi connectivity index (χ2n) is 3.99. The molecular formula is C11H14O6. The van der Waals surface area contributed by atoms with Crippen molar-refractivity contribution in [3.05, 3.63) is 11.1 Å². The lowest BCUT2D eigenvalue weighted by Gasteiger charge is -2.19. The Labute approximate surface area is 97.6 Å². The van der Waals surface area contributed by atoms with Gasteiger partial charge in [0.1, 0.15) is 0 Å². The number of carbonyl (C=O) groups is 3. The Morgan fingerprint density at radius 3 is 2.06 bits per heavy atom. The van der Waals surface area contributed by atoms with Crippen LogP contribution in [0.3, 0.4) is 0 Å². The van der Waals surface area contributed by atoms with Crippen LogP contribution in [-0.4, -0.2) is 33.2 Å². The lowest BCUT2D eigenvalue weighted by atomic mass is 9.85. The largest absolute Gasteiger partial charge is 0.481 e. The summed E-state index contributed by atoms with van der Waals surface area (Å²) in [6.45, 7) is 0. The molecule has 6 heteroatoms. The molecule has 1 rings (SSSR count). The van der Waals surface area contributed by atoms with E-state index in [1.165, 1.54) is 0 Å². The summed E-state index contributed by atoms with van der Waals surface area (Å²) in [6, 6.07) is 0. The summed E-state index contributed by atoms with van der Waals surface area (Å²) < 4.78 is 0. The van der Waals surface area contributed by atoms with E-state index in [9.17, 15) is 14.4 Å². The molecule has 0 aromatic rings. The zero-order valence-corrected chi connectivity index (χ0v) is 9.18. The Kier molecular flexibility index (Phi) is 4.25. The van der Waals surface area contributed by atoms with Crippen LogP contribution in [0.5, 0.6) is 0 Å². The molecule has 1 aliphatic carbocycles. The predicted octanol–water partition coefficient (Wildman–Crippen LogP) is 1.12. The van der Waals surface area contributed by atoms with Gasteiger partial charge in [-0.2, -0.15) is 0 Å². The lowest BCUT2D eigenvalue weighted by molar-refractivity contribution is -0.144. The number of rotatable bonds is 3. The highest BCUT2D eigenvalue weighted by Crippen LogP contribution is 2.28. The van der Waals surface area contributed by atoms with Gasteiger partial charge in [-0.15, -0.1) is 0 Å². The van der Waals surface area contributed by atoms with E-state index in [0.29, 0.717) is 19.3 Å². The van der Waals surface area contributed by atoms with Crippen LogP contribution >= 0.6 is 0 Å². The van der Waals surface area contributed by atoms with E-state index in [0.717, 1.165) is 0 Å². The van der Waals surface area contributed by atoms with E-state index < -0.39 is 29.4 Å². The van der Waals surface area contributed by atoms with Gasteiger partial charge in [0.25, 0.3) is 0 Å².